The van der Waals surface area contributed by atoms with Crippen molar-refractivity contribution >= 4 is 17.5 Å². The fourth-order valence-electron chi connectivity index (χ4n) is 2.90. The van der Waals surface area contributed by atoms with E-state index in [4.69, 9.17) is 15.5 Å². The van der Waals surface area contributed by atoms with Crippen molar-refractivity contribution in [3.63, 3.8) is 0 Å². The summed E-state index contributed by atoms with van der Waals surface area (Å²) < 4.78 is 19.5. The van der Waals surface area contributed by atoms with Crippen LogP contribution in [0.25, 0.3) is 0 Å². The molecule has 0 amide bonds. The molecule has 1 aromatic carbocycles. The fraction of sp³-hybridized carbons (Fsp3) is 0.476. The number of nitrogens with zero attached hydrogens (tertiary/aromatic N) is 2. The van der Waals surface area contributed by atoms with Crippen molar-refractivity contribution < 1.29 is 13.9 Å². The SMILES string of the molecule is CC(N)=NC/C(F)=C/CC[C@]1(C)N=C(c2ccccc2)[C@@H](C(C)C)OC1=O. The molecule has 2 rings (SSSR count). The maximum Gasteiger partial charge on any atom is 0.334 e. The Morgan fingerprint density at radius 3 is 2.67 bits per heavy atom. The molecule has 1 aromatic rings. The van der Waals surface area contributed by atoms with Crippen LogP contribution in [0, 0.1) is 5.92 Å². The van der Waals surface area contributed by atoms with Crippen molar-refractivity contribution in [2.45, 2.75) is 52.2 Å². The van der Waals surface area contributed by atoms with Gasteiger partial charge in [-0.3, -0.25) is 9.98 Å². The van der Waals surface area contributed by atoms with Crippen LogP contribution in [0.3, 0.4) is 0 Å². The minimum Gasteiger partial charge on any atom is -0.454 e. The predicted molar refractivity (Wildman–Crippen MR) is 107 cm³/mol. The van der Waals surface area contributed by atoms with Gasteiger partial charge in [-0.15, -0.1) is 0 Å². The third-order valence-electron chi connectivity index (χ3n) is 4.46. The average molecular weight is 373 g/mol. The van der Waals surface area contributed by atoms with E-state index in [1.165, 1.54) is 6.08 Å². The normalized spacial score (nSPS) is 24.0. The average Bonchev–Trinajstić information content (AvgIpc) is 2.62. The fourth-order valence-corrected chi connectivity index (χ4v) is 2.90. The van der Waals surface area contributed by atoms with Gasteiger partial charge in [0, 0.05) is 0 Å². The lowest BCUT2D eigenvalue weighted by molar-refractivity contribution is -0.155. The molecule has 1 heterocycles. The van der Waals surface area contributed by atoms with E-state index < -0.39 is 5.54 Å². The van der Waals surface area contributed by atoms with E-state index in [-0.39, 0.29) is 30.4 Å². The number of allylic oxidation sites excluding steroid dienone is 1. The number of cyclic esters (lactones) is 1. The summed E-state index contributed by atoms with van der Waals surface area (Å²) in [5.74, 6) is -0.309. The van der Waals surface area contributed by atoms with Gasteiger partial charge in [0.25, 0.3) is 0 Å². The second-order valence-electron chi connectivity index (χ2n) is 7.35. The Morgan fingerprint density at radius 2 is 2.07 bits per heavy atom. The number of carbonyl (C=O) groups is 1. The van der Waals surface area contributed by atoms with Crippen molar-refractivity contribution in [3.05, 3.63) is 47.8 Å². The van der Waals surface area contributed by atoms with Crippen LogP contribution in [0.5, 0.6) is 0 Å². The quantitative estimate of drug-likeness (QED) is 0.448. The molecule has 0 spiro atoms. The number of hydrogen-bond acceptors (Lipinski definition) is 4. The Kier molecular flexibility index (Phi) is 6.88. The van der Waals surface area contributed by atoms with E-state index in [0.717, 1.165) is 11.3 Å². The number of ether oxygens (including phenoxy) is 1. The van der Waals surface area contributed by atoms with Crippen molar-refractivity contribution in [3.8, 4) is 0 Å². The number of rotatable bonds is 7. The Hall–Kier alpha value is -2.50. The zero-order chi connectivity index (χ0) is 20.0. The maximum atomic E-state index is 13.8. The first kappa shape index (κ1) is 20.8. The zero-order valence-corrected chi connectivity index (χ0v) is 16.4. The number of aliphatic imine (C=N–C) groups is 2. The Bertz CT molecular complexity index is 752. The number of esters is 1. The molecule has 0 aromatic heterocycles. The van der Waals surface area contributed by atoms with Gasteiger partial charge in [-0.1, -0.05) is 50.3 Å². The molecule has 0 bridgehead atoms. The topological polar surface area (TPSA) is 77.0 Å². The van der Waals surface area contributed by atoms with Gasteiger partial charge in [-0.05, 0) is 38.2 Å². The highest BCUT2D eigenvalue weighted by molar-refractivity contribution is 6.08. The van der Waals surface area contributed by atoms with Crippen LogP contribution in [0.2, 0.25) is 0 Å². The second-order valence-corrected chi connectivity index (χ2v) is 7.35. The molecule has 146 valence electrons. The van der Waals surface area contributed by atoms with Gasteiger partial charge in [-0.2, -0.15) is 0 Å². The lowest BCUT2D eigenvalue weighted by atomic mass is 9.89. The lowest BCUT2D eigenvalue weighted by Gasteiger charge is -2.35. The van der Waals surface area contributed by atoms with Crippen LogP contribution in [0.4, 0.5) is 4.39 Å². The largest absolute Gasteiger partial charge is 0.454 e. The Labute approximate surface area is 160 Å². The molecule has 1 aliphatic rings. The van der Waals surface area contributed by atoms with Gasteiger partial charge in [0.2, 0.25) is 0 Å². The molecular weight excluding hydrogens is 345 g/mol. The molecule has 0 saturated carbocycles. The summed E-state index contributed by atoms with van der Waals surface area (Å²) in [6.45, 7) is 7.26. The summed E-state index contributed by atoms with van der Waals surface area (Å²) in [7, 11) is 0. The highest BCUT2D eigenvalue weighted by Gasteiger charge is 2.42. The standard InChI is InChI=1S/C21H28FN3O2/c1-14(2)19-18(16-9-6-5-7-10-16)25-21(4,20(26)27-19)12-8-11-17(22)13-24-15(3)23/h5-7,9-11,14,19H,8,12-13H2,1-4H3,(H2,23,24)/b17-11-/t19-,21+/m1/s1. The molecule has 1 aliphatic heterocycles. The van der Waals surface area contributed by atoms with Crippen LogP contribution in [-0.4, -0.2) is 35.7 Å². The number of nitrogens with two attached hydrogens (primary N) is 1. The molecule has 2 atom stereocenters. The van der Waals surface area contributed by atoms with E-state index in [0.29, 0.717) is 18.7 Å². The summed E-state index contributed by atoms with van der Waals surface area (Å²) in [5.41, 5.74) is 6.07. The highest BCUT2D eigenvalue weighted by atomic mass is 19.1. The summed E-state index contributed by atoms with van der Waals surface area (Å²) in [4.78, 5) is 21.2. The molecule has 0 saturated heterocycles. The summed E-state index contributed by atoms with van der Waals surface area (Å²) in [6.07, 6.45) is 1.75. The third kappa shape index (κ3) is 5.49. The Morgan fingerprint density at radius 1 is 1.41 bits per heavy atom. The minimum absolute atomic E-state index is 0.0859. The van der Waals surface area contributed by atoms with Gasteiger partial charge in [0.1, 0.15) is 11.9 Å². The van der Waals surface area contributed by atoms with E-state index in [1.807, 2.05) is 44.2 Å². The molecule has 0 radical (unpaired) electrons. The minimum atomic E-state index is -1.04. The van der Waals surface area contributed by atoms with Crippen LogP contribution in [-0.2, 0) is 9.53 Å². The number of benzene rings is 1. The third-order valence-corrected chi connectivity index (χ3v) is 4.46. The molecule has 27 heavy (non-hydrogen) atoms. The van der Waals surface area contributed by atoms with E-state index >= 15 is 0 Å². The number of halogens is 1. The van der Waals surface area contributed by atoms with Crippen molar-refractivity contribution in [1.82, 2.24) is 0 Å². The first-order valence-corrected chi connectivity index (χ1v) is 9.20. The van der Waals surface area contributed by atoms with Gasteiger partial charge in [0.15, 0.2) is 5.54 Å². The van der Waals surface area contributed by atoms with E-state index in [9.17, 15) is 9.18 Å². The maximum absolute atomic E-state index is 13.8. The summed E-state index contributed by atoms with van der Waals surface area (Å²) in [5, 5.41) is 0. The molecule has 0 fully saturated rings. The van der Waals surface area contributed by atoms with Crippen LogP contribution < -0.4 is 5.73 Å². The van der Waals surface area contributed by atoms with Crippen LogP contribution in [0.15, 0.2) is 52.2 Å². The first-order valence-electron chi connectivity index (χ1n) is 9.20. The van der Waals surface area contributed by atoms with Gasteiger partial charge >= 0.3 is 5.97 Å². The van der Waals surface area contributed by atoms with E-state index in [1.54, 1.807) is 13.8 Å². The van der Waals surface area contributed by atoms with Crippen LogP contribution in [0.1, 0.15) is 46.1 Å². The second kappa shape index (κ2) is 8.93. The van der Waals surface area contributed by atoms with Crippen molar-refractivity contribution in [2.75, 3.05) is 6.54 Å². The number of amidine groups is 1. The molecule has 2 N–H and O–H groups in total. The van der Waals surface area contributed by atoms with Gasteiger partial charge in [0.05, 0.1) is 18.1 Å². The summed E-state index contributed by atoms with van der Waals surface area (Å²) in [6, 6.07) is 9.71. The van der Waals surface area contributed by atoms with Gasteiger partial charge < -0.3 is 10.5 Å². The molecule has 0 unspecified atom stereocenters. The lowest BCUT2D eigenvalue weighted by Crippen LogP contribution is -2.48. The van der Waals surface area contributed by atoms with E-state index in [2.05, 4.69) is 4.99 Å². The molecule has 5 nitrogen and oxygen atoms in total. The predicted octanol–water partition coefficient (Wildman–Crippen LogP) is 3.83. The Balaban J connectivity index is 2.23. The van der Waals surface area contributed by atoms with Crippen molar-refractivity contribution in [2.24, 2.45) is 21.6 Å². The zero-order valence-electron chi connectivity index (χ0n) is 16.4. The summed E-state index contributed by atoms with van der Waals surface area (Å²) >= 11 is 0. The molecule has 0 aliphatic carbocycles. The van der Waals surface area contributed by atoms with Crippen molar-refractivity contribution in [1.29, 1.82) is 0 Å². The van der Waals surface area contributed by atoms with Gasteiger partial charge in [-0.25, -0.2) is 9.18 Å². The number of carbonyl (C=O) groups excluding carboxylic acids is 1. The smallest absolute Gasteiger partial charge is 0.334 e. The first-order chi connectivity index (χ1) is 12.7. The molecule has 6 heteroatoms. The number of hydrogen-bond donors (Lipinski definition) is 1. The monoisotopic (exact) mass is 373 g/mol. The van der Waals surface area contributed by atoms with Crippen LogP contribution >= 0.6 is 0 Å². The molecular formula is C21H28FN3O2. The highest BCUT2D eigenvalue weighted by Crippen LogP contribution is 2.30.